The maximum Gasteiger partial charge on any atom is 0.243 e. The van der Waals surface area contributed by atoms with E-state index in [0.717, 1.165) is 31.7 Å². The van der Waals surface area contributed by atoms with Gasteiger partial charge < -0.3 is 9.26 Å². The van der Waals surface area contributed by atoms with Crippen LogP contribution in [0, 0.1) is 20.8 Å². The number of piperidine rings is 1. The second-order valence-electron chi connectivity index (χ2n) is 6.46. The first kappa shape index (κ1) is 16.0. The van der Waals surface area contributed by atoms with Crippen LogP contribution in [-0.4, -0.2) is 34.2 Å². The second-order valence-corrected chi connectivity index (χ2v) is 6.46. The van der Waals surface area contributed by atoms with E-state index in [-0.39, 0.29) is 12.1 Å². The van der Waals surface area contributed by atoms with Crippen LogP contribution >= 0.6 is 0 Å². The number of benzene rings is 1. The summed E-state index contributed by atoms with van der Waals surface area (Å²) >= 11 is 0. The van der Waals surface area contributed by atoms with Gasteiger partial charge in [-0.3, -0.25) is 4.90 Å². The Labute approximate surface area is 137 Å². The third kappa shape index (κ3) is 3.72. The van der Waals surface area contributed by atoms with Gasteiger partial charge in [-0.1, -0.05) is 11.2 Å². The molecule has 1 aliphatic rings. The van der Waals surface area contributed by atoms with Gasteiger partial charge in [0.15, 0.2) is 5.82 Å². The van der Waals surface area contributed by atoms with Gasteiger partial charge in [0.05, 0.1) is 6.04 Å². The van der Waals surface area contributed by atoms with Crippen LogP contribution in [-0.2, 0) is 0 Å². The van der Waals surface area contributed by atoms with E-state index in [0.29, 0.717) is 11.7 Å². The zero-order valence-corrected chi connectivity index (χ0v) is 14.4. The van der Waals surface area contributed by atoms with Crippen LogP contribution in [0.2, 0.25) is 0 Å². The molecule has 1 aliphatic heterocycles. The number of nitrogens with zero attached hydrogens (tertiary/aromatic N) is 3. The zero-order chi connectivity index (χ0) is 16.4. The summed E-state index contributed by atoms with van der Waals surface area (Å²) < 4.78 is 11.4. The Hall–Kier alpha value is -1.88. The SMILES string of the molecule is Cc1noc(C(C)N2CCC(Oc3ccc(C)c(C)c3)CC2)n1. The van der Waals surface area contributed by atoms with Crippen molar-refractivity contribution in [2.75, 3.05) is 13.1 Å². The summed E-state index contributed by atoms with van der Waals surface area (Å²) in [6.07, 6.45) is 2.32. The molecule has 1 unspecified atom stereocenters. The van der Waals surface area contributed by atoms with E-state index >= 15 is 0 Å². The lowest BCUT2D eigenvalue weighted by molar-refractivity contribution is 0.0700. The highest BCUT2D eigenvalue weighted by atomic mass is 16.5. The highest BCUT2D eigenvalue weighted by Crippen LogP contribution is 2.26. The molecule has 0 N–H and O–H groups in total. The van der Waals surface area contributed by atoms with Crippen LogP contribution in [0.25, 0.3) is 0 Å². The van der Waals surface area contributed by atoms with Gasteiger partial charge in [-0.05, 0) is 63.8 Å². The van der Waals surface area contributed by atoms with Gasteiger partial charge in [-0.25, -0.2) is 0 Å². The van der Waals surface area contributed by atoms with Crippen molar-refractivity contribution in [1.82, 2.24) is 15.0 Å². The molecule has 0 radical (unpaired) electrons. The number of aryl methyl sites for hydroxylation is 3. The number of aromatic nitrogens is 2. The quantitative estimate of drug-likeness (QED) is 0.863. The third-order valence-electron chi connectivity index (χ3n) is 4.71. The molecule has 1 aromatic carbocycles. The Balaban J connectivity index is 1.54. The van der Waals surface area contributed by atoms with Crippen molar-refractivity contribution in [2.45, 2.75) is 52.7 Å². The van der Waals surface area contributed by atoms with Crippen molar-refractivity contribution in [1.29, 1.82) is 0 Å². The number of hydrogen-bond donors (Lipinski definition) is 0. The van der Waals surface area contributed by atoms with Gasteiger partial charge >= 0.3 is 0 Å². The highest BCUT2D eigenvalue weighted by Gasteiger charge is 2.27. The van der Waals surface area contributed by atoms with E-state index in [9.17, 15) is 0 Å². The van der Waals surface area contributed by atoms with Gasteiger partial charge in [0.1, 0.15) is 11.9 Å². The lowest BCUT2D eigenvalue weighted by atomic mass is 10.1. The van der Waals surface area contributed by atoms with Gasteiger partial charge in [-0.2, -0.15) is 4.98 Å². The minimum atomic E-state index is 0.166. The Morgan fingerprint density at radius 3 is 2.52 bits per heavy atom. The van der Waals surface area contributed by atoms with Gasteiger partial charge in [0.2, 0.25) is 5.89 Å². The van der Waals surface area contributed by atoms with E-state index < -0.39 is 0 Å². The van der Waals surface area contributed by atoms with E-state index in [4.69, 9.17) is 9.26 Å². The molecule has 2 heterocycles. The van der Waals surface area contributed by atoms with Gasteiger partial charge in [-0.15, -0.1) is 0 Å². The fraction of sp³-hybridized carbons (Fsp3) is 0.556. The minimum Gasteiger partial charge on any atom is -0.490 e. The Bertz CT molecular complexity index is 660. The molecule has 124 valence electrons. The Morgan fingerprint density at radius 1 is 1.17 bits per heavy atom. The molecule has 3 rings (SSSR count). The monoisotopic (exact) mass is 315 g/mol. The summed E-state index contributed by atoms with van der Waals surface area (Å²) in [5.74, 6) is 2.38. The lowest BCUT2D eigenvalue weighted by Gasteiger charge is -2.34. The van der Waals surface area contributed by atoms with Crippen LogP contribution in [0.1, 0.15) is 48.6 Å². The Morgan fingerprint density at radius 2 is 1.91 bits per heavy atom. The molecule has 0 amide bonds. The largest absolute Gasteiger partial charge is 0.490 e. The van der Waals surface area contributed by atoms with E-state index in [1.807, 2.05) is 6.92 Å². The molecule has 5 nitrogen and oxygen atoms in total. The number of hydrogen-bond acceptors (Lipinski definition) is 5. The van der Waals surface area contributed by atoms with Crippen LogP contribution in [0.15, 0.2) is 22.7 Å². The molecule has 2 aromatic rings. The molecule has 1 atom stereocenters. The summed E-state index contributed by atoms with van der Waals surface area (Å²) in [5, 5.41) is 3.88. The fourth-order valence-corrected chi connectivity index (χ4v) is 3.00. The number of ether oxygens (including phenoxy) is 1. The highest BCUT2D eigenvalue weighted by molar-refractivity contribution is 5.33. The summed E-state index contributed by atoms with van der Waals surface area (Å²) in [5.41, 5.74) is 2.58. The van der Waals surface area contributed by atoms with Crippen molar-refractivity contribution in [3.05, 3.63) is 41.0 Å². The molecule has 5 heteroatoms. The third-order valence-corrected chi connectivity index (χ3v) is 4.71. The van der Waals surface area contributed by atoms with Gasteiger partial charge in [0.25, 0.3) is 0 Å². The predicted octanol–water partition coefficient (Wildman–Crippen LogP) is 3.60. The maximum absolute atomic E-state index is 6.15. The average molecular weight is 315 g/mol. The molecule has 0 aliphatic carbocycles. The fourth-order valence-electron chi connectivity index (χ4n) is 3.00. The Kier molecular flexibility index (Phi) is 4.66. The van der Waals surface area contributed by atoms with E-state index in [1.165, 1.54) is 11.1 Å². The van der Waals surface area contributed by atoms with Crippen LogP contribution in [0.5, 0.6) is 5.75 Å². The summed E-state index contributed by atoms with van der Waals surface area (Å²) in [6, 6.07) is 6.49. The zero-order valence-electron chi connectivity index (χ0n) is 14.4. The van der Waals surface area contributed by atoms with Crippen LogP contribution in [0.4, 0.5) is 0 Å². The average Bonchev–Trinajstić information content (AvgIpc) is 2.97. The molecule has 0 bridgehead atoms. The molecule has 1 fully saturated rings. The molecule has 1 aromatic heterocycles. The van der Waals surface area contributed by atoms with Crippen molar-refractivity contribution < 1.29 is 9.26 Å². The van der Waals surface area contributed by atoms with Crippen molar-refractivity contribution in [3.63, 3.8) is 0 Å². The number of likely N-dealkylation sites (tertiary alicyclic amines) is 1. The van der Waals surface area contributed by atoms with E-state index in [1.54, 1.807) is 0 Å². The smallest absolute Gasteiger partial charge is 0.243 e. The molecule has 0 spiro atoms. The first-order chi connectivity index (χ1) is 11.0. The predicted molar refractivity (Wildman–Crippen MR) is 88.6 cm³/mol. The molecular weight excluding hydrogens is 290 g/mol. The van der Waals surface area contributed by atoms with Crippen LogP contribution < -0.4 is 4.74 Å². The molecular formula is C18H25N3O2. The topological polar surface area (TPSA) is 51.4 Å². The summed E-state index contributed by atoms with van der Waals surface area (Å²) in [6.45, 7) is 10.2. The summed E-state index contributed by atoms with van der Waals surface area (Å²) in [7, 11) is 0. The first-order valence-corrected chi connectivity index (χ1v) is 8.31. The normalized spacial score (nSPS) is 18.1. The van der Waals surface area contributed by atoms with Crippen LogP contribution in [0.3, 0.4) is 0 Å². The van der Waals surface area contributed by atoms with E-state index in [2.05, 4.69) is 54.0 Å². The van der Waals surface area contributed by atoms with Gasteiger partial charge in [0, 0.05) is 13.1 Å². The number of rotatable bonds is 4. The maximum atomic E-state index is 6.15. The minimum absolute atomic E-state index is 0.166. The molecule has 23 heavy (non-hydrogen) atoms. The lowest BCUT2D eigenvalue weighted by Crippen LogP contribution is -2.39. The first-order valence-electron chi connectivity index (χ1n) is 8.31. The summed E-state index contributed by atoms with van der Waals surface area (Å²) in [4.78, 5) is 6.72. The second kappa shape index (κ2) is 6.71. The van der Waals surface area contributed by atoms with Crippen molar-refractivity contribution >= 4 is 0 Å². The van der Waals surface area contributed by atoms with Crippen molar-refractivity contribution in [3.8, 4) is 5.75 Å². The van der Waals surface area contributed by atoms with Crippen molar-refractivity contribution in [2.24, 2.45) is 0 Å². The standard InChI is InChI=1S/C18H25N3O2/c1-12-5-6-17(11-13(12)2)22-16-7-9-21(10-8-16)14(3)18-19-15(4)20-23-18/h5-6,11,14,16H,7-10H2,1-4H3. The molecule has 0 saturated carbocycles. The molecule has 1 saturated heterocycles.